The van der Waals surface area contributed by atoms with Crippen molar-refractivity contribution in [2.24, 2.45) is 0 Å². The van der Waals surface area contributed by atoms with E-state index in [0.29, 0.717) is 0 Å². The number of hydrogen-bond donors (Lipinski definition) is 1. The van der Waals surface area contributed by atoms with E-state index >= 15 is 0 Å². The summed E-state index contributed by atoms with van der Waals surface area (Å²) in [7, 11) is 0. The van der Waals surface area contributed by atoms with Crippen molar-refractivity contribution in [3.8, 4) is 0 Å². The first-order chi connectivity index (χ1) is 3.30. The summed E-state index contributed by atoms with van der Waals surface area (Å²) in [5.74, 6) is 0. The Balaban J connectivity index is 2.52. The summed E-state index contributed by atoms with van der Waals surface area (Å²) in [6.45, 7) is 2.07. The first kappa shape index (κ1) is 5.23. The molecule has 0 bridgehead atoms. The highest BCUT2D eigenvalue weighted by Gasteiger charge is 2.08. The van der Waals surface area contributed by atoms with E-state index in [1.165, 1.54) is 24.2 Å². The molecule has 1 aliphatic rings. The molecule has 0 aromatic carbocycles. The van der Waals surface area contributed by atoms with Gasteiger partial charge in [0.05, 0.1) is 0 Å². The van der Waals surface area contributed by atoms with E-state index in [1.807, 2.05) is 0 Å². The van der Waals surface area contributed by atoms with Crippen LogP contribution in [0.25, 0.3) is 0 Å². The lowest BCUT2D eigenvalue weighted by Gasteiger charge is -2.16. The average molecular weight is 114 g/mol. The normalized spacial score (nSPS) is 18.9. The Morgan fingerprint density at radius 1 is 1.57 bits per heavy atom. The molecule has 1 heteroatoms. The molecule has 0 unspecified atom stereocenters. The van der Waals surface area contributed by atoms with Gasteiger partial charge < -0.3 is 0 Å². The summed E-state index contributed by atoms with van der Waals surface area (Å²) in [4.78, 5) is 1.24. The zero-order valence-corrected chi connectivity index (χ0v) is 5.46. The largest absolute Gasteiger partial charge is 0.148 e. The Labute approximate surface area is 50.0 Å². The van der Waals surface area contributed by atoms with E-state index in [2.05, 4.69) is 19.6 Å². The number of hydrogen-bond acceptors (Lipinski definition) is 1. The SMILES string of the molecule is CC(S)=C1CCC1. The molecule has 1 saturated carbocycles. The quantitative estimate of drug-likeness (QED) is 0.459. The zero-order chi connectivity index (χ0) is 5.28. The van der Waals surface area contributed by atoms with Crippen molar-refractivity contribution in [3.05, 3.63) is 10.5 Å². The fraction of sp³-hybridized carbons (Fsp3) is 0.667. The van der Waals surface area contributed by atoms with Gasteiger partial charge in [0, 0.05) is 0 Å². The molecule has 40 valence electrons. The fourth-order valence-electron chi connectivity index (χ4n) is 0.715. The molecule has 0 saturated heterocycles. The van der Waals surface area contributed by atoms with Crippen LogP contribution in [-0.2, 0) is 0 Å². The molecule has 0 aromatic heterocycles. The van der Waals surface area contributed by atoms with Gasteiger partial charge in [0.15, 0.2) is 0 Å². The molecule has 0 N–H and O–H groups in total. The van der Waals surface area contributed by atoms with Crippen LogP contribution < -0.4 is 0 Å². The summed E-state index contributed by atoms with van der Waals surface area (Å²) in [6, 6.07) is 0. The molecule has 1 aliphatic carbocycles. The highest BCUT2D eigenvalue weighted by atomic mass is 32.1. The summed E-state index contributed by atoms with van der Waals surface area (Å²) < 4.78 is 0. The minimum Gasteiger partial charge on any atom is -0.148 e. The Kier molecular flexibility index (Phi) is 1.43. The van der Waals surface area contributed by atoms with Gasteiger partial charge in [-0.25, -0.2) is 0 Å². The number of thiol groups is 1. The number of rotatable bonds is 0. The minimum absolute atomic E-state index is 1.24. The van der Waals surface area contributed by atoms with Crippen molar-refractivity contribution in [1.82, 2.24) is 0 Å². The number of allylic oxidation sites excluding steroid dienone is 2. The maximum absolute atomic E-state index is 4.20. The second-order valence-electron chi connectivity index (χ2n) is 2.04. The van der Waals surface area contributed by atoms with Crippen molar-refractivity contribution < 1.29 is 0 Å². The van der Waals surface area contributed by atoms with Crippen molar-refractivity contribution in [2.45, 2.75) is 26.2 Å². The third kappa shape index (κ3) is 1.00. The second kappa shape index (κ2) is 1.91. The van der Waals surface area contributed by atoms with Crippen molar-refractivity contribution >= 4 is 12.6 Å². The van der Waals surface area contributed by atoms with Crippen LogP contribution in [0.1, 0.15) is 26.2 Å². The van der Waals surface area contributed by atoms with Crippen LogP contribution in [0.15, 0.2) is 10.5 Å². The molecule has 0 aromatic rings. The predicted octanol–water partition coefficient (Wildman–Crippen LogP) is 2.37. The molecular weight excluding hydrogens is 104 g/mol. The standard InChI is InChI=1S/C6H10S/c1-5(7)6-3-2-4-6/h7H,2-4H2,1H3. The Bertz CT molecular complexity index is 92.7. The van der Waals surface area contributed by atoms with Crippen LogP contribution in [0, 0.1) is 0 Å². The van der Waals surface area contributed by atoms with Crippen molar-refractivity contribution in [3.63, 3.8) is 0 Å². The monoisotopic (exact) mass is 114 g/mol. The topological polar surface area (TPSA) is 0 Å². The summed E-state index contributed by atoms with van der Waals surface area (Å²) >= 11 is 4.20. The van der Waals surface area contributed by atoms with Gasteiger partial charge >= 0.3 is 0 Å². The molecule has 0 nitrogen and oxygen atoms in total. The fourth-order valence-corrected chi connectivity index (χ4v) is 0.939. The minimum atomic E-state index is 1.24. The summed E-state index contributed by atoms with van der Waals surface area (Å²) in [6.07, 6.45) is 3.98. The highest BCUT2D eigenvalue weighted by Crippen LogP contribution is 2.29. The van der Waals surface area contributed by atoms with E-state index < -0.39 is 0 Å². The lowest BCUT2D eigenvalue weighted by Crippen LogP contribution is -1.96. The predicted molar refractivity (Wildman–Crippen MR) is 35.5 cm³/mol. The molecular formula is C6H10S. The van der Waals surface area contributed by atoms with Crippen molar-refractivity contribution in [1.29, 1.82) is 0 Å². The van der Waals surface area contributed by atoms with Crippen molar-refractivity contribution in [2.75, 3.05) is 0 Å². The van der Waals surface area contributed by atoms with Crippen LogP contribution in [0.3, 0.4) is 0 Å². The van der Waals surface area contributed by atoms with E-state index in [9.17, 15) is 0 Å². The molecule has 0 radical (unpaired) electrons. The molecule has 1 rings (SSSR count). The Hall–Kier alpha value is 0.0900. The van der Waals surface area contributed by atoms with Crippen LogP contribution in [0.4, 0.5) is 0 Å². The third-order valence-corrected chi connectivity index (χ3v) is 1.79. The van der Waals surface area contributed by atoms with Gasteiger partial charge in [0.1, 0.15) is 0 Å². The lowest BCUT2D eigenvalue weighted by atomic mass is 9.92. The maximum Gasteiger partial charge on any atom is -0.0223 e. The third-order valence-electron chi connectivity index (χ3n) is 1.47. The van der Waals surface area contributed by atoms with E-state index in [1.54, 1.807) is 5.57 Å². The smallest absolute Gasteiger partial charge is 0.0223 e. The van der Waals surface area contributed by atoms with Gasteiger partial charge in [-0.15, -0.1) is 12.6 Å². The van der Waals surface area contributed by atoms with Gasteiger partial charge in [-0.05, 0) is 31.1 Å². The van der Waals surface area contributed by atoms with Gasteiger partial charge in [0.25, 0.3) is 0 Å². The van der Waals surface area contributed by atoms with Gasteiger partial charge in [-0.2, -0.15) is 0 Å². The maximum atomic E-state index is 4.20. The molecule has 0 atom stereocenters. The summed E-state index contributed by atoms with van der Waals surface area (Å²) in [5.41, 5.74) is 1.56. The summed E-state index contributed by atoms with van der Waals surface area (Å²) in [5, 5.41) is 0. The van der Waals surface area contributed by atoms with E-state index in [-0.39, 0.29) is 0 Å². The molecule has 0 aliphatic heterocycles. The Morgan fingerprint density at radius 3 is 2.14 bits per heavy atom. The van der Waals surface area contributed by atoms with Crippen LogP contribution in [-0.4, -0.2) is 0 Å². The second-order valence-corrected chi connectivity index (χ2v) is 2.71. The van der Waals surface area contributed by atoms with Gasteiger partial charge in [-0.1, -0.05) is 5.57 Å². The zero-order valence-electron chi connectivity index (χ0n) is 4.57. The van der Waals surface area contributed by atoms with Gasteiger partial charge in [0.2, 0.25) is 0 Å². The van der Waals surface area contributed by atoms with E-state index in [0.717, 1.165) is 0 Å². The average Bonchev–Trinajstić information content (AvgIpc) is 1.23. The van der Waals surface area contributed by atoms with E-state index in [4.69, 9.17) is 0 Å². The molecule has 0 spiro atoms. The lowest BCUT2D eigenvalue weighted by molar-refractivity contribution is 0.658. The first-order valence-electron chi connectivity index (χ1n) is 2.68. The highest BCUT2D eigenvalue weighted by molar-refractivity contribution is 7.84. The molecule has 0 heterocycles. The first-order valence-corrected chi connectivity index (χ1v) is 3.13. The van der Waals surface area contributed by atoms with Crippen LogP contribution in [0.2, 0.25) is 0 Å². The Morgan fingerprint density at radius 2 is 2.14 bits per heavy atom. The van der Waals surface area contributed by atoms with Crippen LogP contribution in [0.5, 0.6) is 0 Å². The molecule has 0 amide bonds. The van der Waals surface area contributed by atoms with Gasteiger partial charge in [-0.3, -0.25) is 0 Å². The molecule has 1 fully saturated rings. The van der Waals surface area contributed by atoms with Crippen LogP contribution >= 0.6 is 12.6 Å². The molecule has 7 heavy (non-hydrogen) atoms.